The van der Waals surface area contributed by atoms with Gasteiger partial charge < -0.3 is 15.4 Å². The molecule has 0 spiro atoms. The number of anilines is 1. The van der Waals surface area contributed by atoms with E-state index in [2.05, 4.69) is 20.8 Å². The standard InChI is InChI=1S/C18H28N4O3/c1-12(23)10-19-14-7-13(8-14)16-9-17(22-21-16)20-18(24)11-25-15-5-3-2-4-6-15/h9,13-15,19H,2-8,10-11H2,1H3,(H2,20,21,22,24). The fourth-order valence-electron chi connectivity index (χ4n) is 3.54. The van der Waals surface area contributed by atoms with Crippen molar-refractivity contribution in [3.05, 3.63) is 11.8 Å². The Hall–Kier alpha value is -1.73. The van der Waals surface area contributed by atoms with Gasteiger partial charge in [0.25, 0.3) is 5.91 Å². The summed E-state index contributed by atoms with van der Waals surface area (Å²) >= 11 is 0. The van der Waals surface area contributed by atoms with Gasteiger partial charge in [0.1, 0.15) is 18.2 Å². The fourth-order valence-corrected chi connectivity index (χ4v) is 3.54. The Morgan fingerprint density at radius 1 is 1.28 bits per heavy atom. The summed E-state index contributed by atoms with van der Waals surface area (Å²) in [5.74, 6) is 1.01. The first-order valence-corrected chi connectivity index (χ1v) is 9.29. The van der Waals surface area contributed by atoms with Crippen molar-refractivity contribution in [3.63, 3.8) is 0 Å². The molecule has 0 radical (unpaired) electrons. The Kier molecular flexibility index (Phi) is 6.20. The summed E-state index contributed by atoms with van der Waals surface area (Å²) in [5.41, 5.74) is 0.962. The molecule has 7 heteroatoms. The third kappa shape index (κ3) is 5.37. The molecule has 3 rings (SSSR count). The van der Waals surface area contributed by atoms with Crippen molar-refractivity contribution in [2.75, 3.05) is 18.5 Å². The van der Waals surface area contributed by atoms with Crippen LogP contribution in [-0.2, 0) is 14.3 Å². The second-order valence-corrected chi connectivity index (χ2v) is 7.27. The number of ketones is 1. The Bertz CT molecular complexity index is 589. The number of aromatic nitrogens is 2. The van der Waals surface area contributed by atoms with Gasteiger partial charge in [0, 0.05) is 18.0 Å². The number of H-pyrrole nitrogens is 1. The molecule has 3 N–H and O–H groups in total. The van der Waals surface area contributed by atoms with Gasteiger partial charge in [0.05, 0.1) is 18.3 Å². The highest BCUT2D eigenvalue weighted by Crippen LogP contribution is 2.36. The zero-order valence-corrected chi connectivity index (χ0v) is 14.8. The number of hydrogen-bond acceptors (Lipinski definition) is 5. The third-order valence-corrected chi connectivity index (χ3v) is 5.07. The van der Waals surface area contributed by atoms with Crippen LogP contribution in [0.3, 0.4) is 0 Å². The van der Waals surface area contributed by atoms with Gasteiger partial charge in [-0.1, -0.05) is 19.3 Å². The van der Waals surface area contributed by atoms with E-state index in [0.29, 0.717) is 24.3 Å². The first-order valence-electron chi connectivity index (χ1n) is 9.29. The average Bonchev–Trinajstić information content (AvgIpc) is 3.00. The minimum Gasteiger partial charge on any atom is -0.368 e. The predicted octanol–water partition coefficient (Wildman–Crippen LogP) is 2.12. The van der Waals surface area contributed by atoms with E-state index in [1.54, 1.807) is 6.92 Å². The van der Waals surface area contributed by atoms with Crippen molar-refractivity contribution in [1.29, 1.82) is 0 Å². The van der Waals surface area contributed by atoms with Gasteiger partial charge in [0.2, 0.25) is 0 Å². The van der Waals surface area contributed by atoms with E-state index in [-0.39, 0.29) is 24.4 Å². The molecule has 0 saturated heterocycles. The SMILES string of the molecule is CC(=O)CNC1CC(c2cc(NC(=O)COC3CCCCC3)[nH]n2)C1. The molecular weight excluding hydrogens is 320 g/mol. The van der Waals surface area contributed by atoms with Gasteiger partial charge in [-0.3, -0.25) is 14.7 Å². The molecule has 1 aromatic heterocycles. The molecule has 2 fully saturated rings. The quantitative estimate of drug-likeness (QED) is 0.669. The summed E-state index contributed by atoms with van der Waals surface area (Å²) in [6, 6.07) is 2.28. The zero-order valence-electron chi connectivity index (χ0n) is 14.8. The van der Waals surface area contributed by atoms with Gasteiger partial charge in [-0.05, 0) is 32.6 Å². The van der Waals surface area contributed by atoms with Gasteiger partial charge in [-0.15, -0.1) is 0 Å². The van der Waals surface area contributed by atoms with Crippen molar-refractivity contribution >= 4 is 17.5 Å². The number of aromatic amines is 1. The van der Waals surface area contributed by atoms with E-state index in [1.165, 1.54) is 19.3 Å². The summed E-state index contributed by atoms with van der Waals surface area (Å²) in [6.45, 7) is 2.11. The molecular formula is C18H28N4O3. The summed E-state index contributed by atoms with van der Waals surface area (Å²) in [7, 11) is 0. The molecule has 1 amide bonds. The van der Waals surface area contributed by atoms with Crippen LogP contribution < -0.4 is 10.6 Å². The van der Waals surface area contributed by atoms with E-state index < -0.39 is 0 Å². The molecule has 0 unspecified atom stereocenters. The Labute approximate surface area is 148 Å². The second kappa shape index (κ2) is 8.58. The maximum atomic E-state index is 12.0. The van der Waals surface area contributed by atoms with Crippen LogP contribution in [0, 0.1) is 0 Å². The minimum atomic E-state index is -0.143. The van der Waals surface area contributed by atoms with Gasteiger partial charge in [0.15, 0.2) is 0 Å². The number of nitrogens with one attached hydrogen (secondary N) is 3. The van der Waals surface area contributed by atoms with Crippen LogP contribution in [-0.4, -0.2) is 47.2 Å². The minimum absolute atomic E-state index is 0.0967. The molecule has 138 valence electrons. The normalized spacial score (nSPS) is 23.9. The molecule has 25 heavy (non-hydrogen) atoms. The lowest BCUT2D eigenvalue weighted by Crippen LogP contribution is -2.42. The van der Waals surface area contributed by atoms with E-state index in [9.17, 15) is 9.59 Å². The number of ether oxygens (including phenoxy) is 1. The van der Waals surface area contributed by atoms with Gasteiger partial charge >= 0.3 is 0 Å². The van der Waals surface area contributed by atoms with Crippen LogP contribution in [0.2, 0.25) is 0 Å². The van der Waals surface area contributed by atoms with Crippen LogP contribution in [0.25, 0.3) is 0 Å². The largest absolute Gasteiger partial charge is 0.368 e. The zero-order chi connectivity index (χ0) is 17.6. The van der Waals surface area contributed by atoms with Gasteiger partial charge in [-0.2, -0.15) is 5.10 Å². The Morgan fingerprint density at radius 2 is 2.04 bits per heavy atom. The highest BCUT2D eigenvalue weighted by atomic mass is 16.5. The summed E-state index contributed by atoms with van der Waals surface area (Å²) < 4.78 is 5.68. The maximum absolute atomic E-state index is 12.0. The molecule has 0 aliphatic heterocycles. The van der Waals surface area contributed by atoms with Crippen molar-refractivity contribution in [1.82, 2.24) is 15.5 Å². The predicted molar refractivity (Wildman–Crippen MR) is 94.5 cm³/mol. The van der Waals surface area contributed by atoms with Crippen LogP contribution in [0.1, 0.15) is 63.5 Å². The van der Waals surface area contributed by atoms with E-state index >= 15 is 0 Å². The van der Waals surface area contributed by atoms with Crippen molar-refractivity contribution in [2.24, 2.45) is 0 Å². The molecule has 1 aromatic rings. The van der Waals surface area contributed by atoms with Crippen LogP contribution in [0.4, 0.5) is 5.82 Å². The maximum Gasteiger partial charge on any atom is 0.251 e. The monoisotopic (exact) mass is 348 g/mol. The molecule has 0 atom stereocenters. The van der Waals surface area contributed by atoms with E-state index in [4.69, 9.17) is 4.74 Å². The summed E-state index contributed by atoms with van der Waals surface area (Å²) in [6.07, 6.45) is 7.94. The Morgan fingerprint density at radius 3 is 2.76 bits per heavy atom. The topological polar surface area (TPSA) is 96.1 Å². The number of rotatable bonds is 8. The summed E-state index contributed by atoms with van der Waals surface area (Å²) in [4.78, 5) is 23.0. The number of hydrogen-bond donors (Lipinski definition) is 3. The third-order valence-electron chi connectivity index (χ3n) is 5.07. The van der Waals surface area contributed by atoms with Crippen LogP contribution in [0.5, 0.6) is 0 Å². The molecule has 1 heterocycles. The molecule has 0 aromatic carbocycles. The summed E-state index contributed by atoms with van der Waals surface area (Å²) in [5, 5.41) is 13.2. The number of carbonyl (C=O) groups is 2. The molecule has 0 bridgehead atoms. The van der Waals surface area contributed by atoms with Crippen LogP contribution in [0.15, 0.2) is 6.07 Å². The molecule has 2 aliphatic carbocycles. The number of Topliss-reactive ketones (excluding diaryl/α,β-unsaturated/α-hetero) is 1. The molecule has 7 nitrogen and oxygen atoms in total. The fraction of sp³-hybridized carbons (Fsp3) is 0.722. The second-order valence-electron chi connectivity index (χ2n) is 7.27. The van der Waals surface area contributed by atoms with Crippen molar-refractivity contribution in [2.45, 2.75) is 69.9 Å². The van der Waals surface area contributed by atoms with Crippen molar-refractivity contribution < 1.29 is 14.3 Å². The van der Waals surface area contributed by atoms with Crippen molar-refractivity contribution in [3.8, 4) is 0 Å². The lowest BCUT2D eigenvalue weighted by Gasteiger charge is -2.34. The number of carbonyl (C=O) groups excluding carboxylic acids is 2. The molecule has 2 aliphatic rings. The highest BCUT2D eigenvalue weighted by Gasteiger charge is 2.31. The number of amides is 1. The Balaban J connectivity index is 1.37. The average molecular weight is 348 g/mol. The van der Waals surface area contributed by atoms with Gasteiger partial charge in [-0.25, -0.2) is 0 Å². The van der Waals surface area contributed by atoms with E-state index in [0.717, 1.165) is 31.4 Å². The van der Waals surface area contributed by atoms with Crippen LogP contribution >= 0.6 is 0 Å². The molecule has 2 saturated carbocycles. The first kappa shape index (κ1) is 18.1. The lowest BCUT2D eigenvalue weighted by molar-refractivity contribution is -0.123. The first-order chi connectivity index (χ1) is 12.1. The smallest absolute Gasteiger partial charge is 0.251 e. The highest BCUT2D eigenvalue weighted by molar-refractivity contribution is 5.90. The lowest BCUT2D eigenvalue weighted by atomic mass is 9.78. The number of nitrogens with zero attached hydrogens (tertiary/aromatic N) is 1. The van der Waals surface area contributed by atoms with E-state index in [1.807, 2.05) is 6.07 Å².